The number of aromatic carboxylic acids is 1. The van der Waals surface area contributed by atoms with Crippen LogP contribution in [0, 0.1) is 0 Å². The van der Waals surface area contributed by atoms with Crippen molar-refractivity contribution < 1.29 is 23.1 Å². The van der Waals surface area contributed by atoms with Crippen molar-refractivity contribution in [3.05, 3.63) is 16.3 Å². The summed E-state index contributed by atoms with van der Waals surface area (Å²) >= 11 is 0.919. The fourth-order valence-corrected chi connectivity index (χ4v) is 4.71. The molecule has 0 radical (unpaired) electrons. The van der Waals surface area contributed by atoms with Crippen molar-refractivity contribution in [3.63, 3.8) is 0 Å². The standard InChI is InChI=1S/C12H17NO5S2/c1-2-13(7-9-4-3-5-18-9)20(16,17)10-6-11(12(14)15)19-8-10/h6,8-9H,2-5,7H2,1H3,(H,14,15). The molecule has 112 valence electrons. The average Bonchev–Trinajstić information content (AvgIpc) is 3.06. The SMILES string of the molecule is CCN(CC1CCCO1)S(=O)(=O)c1csc(C(=O)O)c1. The van der Waals surface area contributed by atoms with E-state index in [1.165, 1.54) is 15.8 Å². The van der Waals surface area contributed by atoms with Crippen LogP contribution >= 0.6 is 11.3 Å². The fourth-order valence-electron chi connectivity index (χ4n) is 2.13. The third-order valence-corrected chi connectivity index (χ3v) is 6.19. The Hall–Kier alpha value is -0.960. The molecular weight excluding hydrogens is 302 g/mol. The van der Waals surface area contributed by atoms with Gasteiger partial charge in [0, 0.05) is 25.1 Å². The number of carboxylic acids is 1. The van der Waals surface area contributed by atoms with E-state index >= 15 is 0 Å². The van der Waals surface area contributed by atoms with Gasteiger partial charge >= 0.3 is 5.97 Å². The first-order valence-corrected chi connectivity index (χ1v) is 8.70. The molecular formula is C12H17NO5S2. The lowest BCUT2D eigenvalue weighted by Crippen LogP contribution is -2.37. The van der Waals surface area contributed by atoms with Gasteiger partial charge in [-0.15, -0.1) is 11.3 Å². The van der Waals surface area contributed by atoms with Gasteiger partial charge in [-0.1, -0.05) is 6.92 Å². The van der Waals surface area contributed by atoms with E-state index in [1.54, 1.807) is 6.92 Å². The molecule has 1 aromatic rings. The van der Waals surface area contributed by atoms with Gasteiger partial charge in [0.25, 0.3) is 0 Å². The van der Waals surface area contributed by atoms with Crippen molar-refractivity contribution in [2.45, 2.75) is 30.8 Å². The number of carbonyl (C=O) groups is 1. The topological polar surface area (TPSA) is 83.9 Å². The Labute approximate surface area is 122 Å². The number of hydrogen-bond donors (Lipinski definition) is 1. The maximum absolute atomic E-state index is 12.5. The maximum atomic E-state index is 12.5. The summed E-state index contributed by atoms with van der Waals surface area (Å²) in [5.41, 5.74) is 0. The van der Waals surface area contributed by atoms with Gasteiger partial charge in [0.2, 0.25) is 10.0 Å². The van der Waals surface area contributed by atoms with Crippen molar-refractivity contribution in [1.29, 1.82) is 0 Å². The Morgan fingerprint density at radius 3 is 2.85 bits per heavy atom. The molecule has 0 aromatic carbocycles. The van der Waals surface area contributed by atoms with E-state index < -0.39 is 16.0 Å². The van der Waals surface area contributed by atoms with Gasteiger partial charge in [-0.3, -0.25) is 0 Å². The van der Waals surface area contributed by atoms with Crippen LogP contribution in [-0.2, 0) is 14.8 Å². The van der Waals surface area contributed by atoms with Gasteiger partial charge in [0.1, 0.15) is 4.88 Å². The summed E-state index contributed by atoms with van der Waals surface area (Å²) in [6.45, 7) is 3.08. The molecule has 1 saturated heterocycles. The molecule has 20 heavy (non-hydrogen) atoms. The minimum atomic E-state index is -3.65. The first-order chi connectivity index (χ1) is 9.45. The Balaban J connectivity index is 2.18. The van der Waals surface area contributed by atoms with Gasteiger partial charge in [-0.05, 0) is 18.9 Å². The number of nitrogens with zero attached hydrogens (tertiary/aromatic N) is 1. The number of rotatable bonds is 6. The molecule has 2 heterocycles. The predicted octanol–water partition coefficient (Wildman–Crippen LogP) is 1.64. The molecule has 1 fully saturated rings. The predicted molar refractivity (Wildman–Crippen MR) is 74.7 cm³/mol. The zero-order chi connectivity index (χ0) is 14.8. The van der Waals surface area contributed by atoms with Crippen LogP contribution in [0.3, 0.4) is 0 Å². The van der Waals surface area contributed by atoms with Crippen LogP contribution in [0.1, 0.15) is 29.4 Å². The van der Waals surface area contributed by atoms with Crippen LogP contribution in [-0.4, -0.2) is 49.6 Å². The summed E-state index contributed by atoms with van der Waals surface area (Å²) in [7, 11) is -3.65. The van der Waals surface area contributed by atoms with E-state index in [-0.39, 0.29) is 15.9 Å². The Morgan fingerprint density at radius 1 is 1.60 bits per heavy atom. The molecule has 1 aromatic heterocycles. The summed E-state index contributed by atoms with van der Waals surface area (Å²) in [5.74, 6) is -1.11. The van der Waals surface area contributed by atoms with E-state index in [0.717, 1.165) is 24.2 Å². The highest BCUT2D eigenvalue weighted by atomic mass is 32.2. The molecule has 0 saturated carbocycles. The number of hydrogen-bond acceptors (Lipinski definition) is 5. The number of ether oxygens (including phenoxy) is 1. The molecule has 8 heteroatoms. The van der Waals surface area contributed by atoms with E-state index in [2.05, 4.69) is 0 Å². The lowest BCUT2D eigenvalue weighted by Gasteiger charge is -2.22. The molecule has 0 amide bonds. The highest BCUT2D eigenvalue weighted by Crippen LogP contribution is 2.24. The summed E-state index contributed by atoms with van der Waals surface area (Å²) in [4.78, 5) is 10.9. The molecule has 0 aliphatic carbocycles. The number of thiophene rings is 1. The van der Waals surface area contributed by atoms with Crippen molar-refractivity contribution in [1.82, 2.24) is 4.31 Å². The number of sulfonamides is 1. The van der Waals surface area contributed by atoms with Crippen LogP contribution < -0.4 is 0 Å². The average molecular weight is 319 g/mol. The summed E-state index contributed by atoms with van der Waals surface area (Å²) in [6, 6.07) is 1.21. The second-order valence-electron chi connectivity index (χ2n) is 4.54. The lowest BCUT2D eigenvalue weighted by molar-refractivity contribution is 0.0702. The van der Waals surface area contributed by atoms with E-state index in [4.69, 9.17) is 9.84 Å². The van der Waals surface area contributed by atoms with Crippen molar-refractivity contribution >= 4 is 27.3 Å². The highest BCUT2D eigenvalue weighted by molar-refractivity contribution is 7.89. The van der Waals surface area contributed by atoms with Crippen LogP contribution in [0.5, 0.6) is 0 Å². The molecule has 1 N–H and O–H groups in total. The zero-order valence-corrected chi connectivity index (χ0v) is 12.7. The highest BCUT2D eigenvalue weighted by Gasteiger charge is 2.29. The number of likely N-dealkylation sites (N-methyl/N-ethyl adjacent to an activating group) is 1. The molecule has 0 bridgehead atoms. The van der Waals surface area contributed by atoms with Gasteiger partial charge in [0.05, 0.1) is 11.0 Å². The second kappa shape index (κ2) is 6.21. The van der Waals surface area contributed by atoms with Gasteiger partial charge in [-0.25, -0.2) is 13.2 Å². The van der Waals surface area contributed by atoms with E-state index in [0.29, 0.717) is 19.7 Å². The van der Waals surface area contributed by atoms with E-state index in [1.807, 2.05) is 0 Å². The molecule has 1 aliphatic rings. The first-order valence-electron chi connectivity index (χ1n) is 6.38. The van der Waals surface area contributed by atoms with Crippen molar-refractivity contribution in [3.8, 4) is 0 Å². The molecule has 1 aliphatic heterocycles. The summed E-state index contributed by atoms with van der Waals surface area (Å²) in [5, 5.41) is 10.2. The third kappa shape index (κ3) is 3.20. The molecule has 6 nitrogen and oxygen atoms in total. The molecule has 0 spiro atoms. The first kappa shape index (κ1) is 15.4. The zero-order valence-electron chi connectivity index (χ0n) is 11.1. The molecule has 1 unspecified atom stereocenters. The number of carboxylic acid groups (broad SMARTS) is 1. The quantitative estimate of drug-likeness (QED) is 0.861. The summed E-state index contributed by atoms with van der Waals surface area (Å²) in [6.07, 6.45) is 1.74. The Bertz CT molecular complexity index is 574. The molecule has 1 atom stereocenters. The van der Waals surface area contributed by atoms with E-state index in [9.17, 15) is 13.2 Å². The molecule has 2 rings (SSSR count). The minimum Gasteiger partial charge on any atom is -0.477 e. The second-order valence-corrected chi connectivity index (χ2v) is 7.39. The van der Waals surface area contributed by atoms with Crippen LogP contribution in [0.25, 0.3) is 0 Å². The minimum absolute atomic E-state index is 0.0248. The van der Waals surface area contributed by atoms with Crippen LogP contribution in [0.15, 0.2) is 16.3 Å². The van der Waals surface area contributed by atoms with Gasteiger partial charge in [0.15, 0.2) is 0 Å². The van der Waals surface area contributed by atoms with Gasteiger partial charge in [-0.2, -0.15) is 4.31 Å². The Kier molecular flexibility index (Phi) is 4.79. The summed E-state index contributed by atoms with van der Waals surface area (Å²) < 4.78 is 31.7. The van der Waals surface area contributed by atoms with Gasteiger partial charge < -0.3 is 9.84 Å². The van der Waals surface area contributed by atoms with Crippen molar-refractivity contribution in [2.75, 3.05) is 19.7 Å². The third-order valence-electron chi connectivity index (χ3n) is 3.21. The van der Waals surface area contributed by atoms with Crippen LogP contribution in [0.2, 0.25) is 0 Å². The normalized spacial score (nSPS) is 19.6. The van der Waals surface area contributed by atoms with Crippen LogP contribution in [0.4, 0.5) is 0 Å². The fraction of sp³-hybridized carbons (Fsp3) is 0.583. The Morgan fingerprint density at radius 2 is 2.35 bits per heavy atom. The monoisotopic (exact) mass is 319 g/mol. The van der Waals surface area contributed by atoms with Crippen molar-refractivity contribution in [2.24, 2.45) is 0 Å². The lowest BCUT2D eigenvalue weighted by atomic mass is 10.2. The largest absolute Gasteiger partial charge is 0.477 e. The smallest absolute Gasteiger partial charge is 0.345 e. The maximum Gasteiger partial charge on any atom is 0.345 e.